The van der Waals surface area contributed by atoms with Crippen LogP contribution in [-0.4, -0.2) is 31.1 Å². The van der Waals surface area contributed by atoms with E-state index in [2.05, 4.69) is 71.9 Å². The molecule has 144 valence electrons. The molecule has 0 atom stereocenters. The number of hydrogen-bond donors (Lipinski definition) is 2. The van der Waals surface area contributed by atoms with Crippen LogP contribution in [0.15, 0.2) is 61.7 Å². The Labute approximate surface area is 164 Å². The minimum absolute atomic E-state index is 0.741. The van der Waals surface area contributed by atoms with Crippen LogP contribution in [0.4, 0.5) is 0 Å². The smallest absolute Gasteiger partial charge is 0.0233 e. The molecule has 2 aromatic rings. The predicted molar refractivity (Wildman–Crippen MR) is 118 cm³/mol. The standard InChI is InChI=1S/C24H33N3/c1-3-21-7-11-23(12-8-21)19-26-16-6-18-27(17-5-15-25)20-24-13-9-22(4-2)10-14-24/h3-4,7-14,26H,1-2,5-6,15-20,25H2. The van der Waals surface area contributed by atoms with Gasteiger partial charge in [-0.25, -0.2) is 0 Å². The third-order valence-electron chi connectivity index (χ3n) is 4.67. The van der Waals surface area contributed by atoms with E-state index in [0.29, 0.717) is 0 Å². The zero-order valence-corrected chi connectivity index (χ0v) is 16.4. The van der Waals surface area contributed by atoms with Crippen molar-refractivity contribution in [3.8, 4) is 0 Å². The molecule has 0 fully saturated rings. The number of nitrogens with two attached hydrogens (primary N) is 1. The van der Waals surface area contributed by atoms with Crippen molar-refractivity contribution < 1.29 is 0 Å². The molecule has 0 saturated heterocycles. The van der Waals surface area contributed by atoms with Crippen LogP contribution in [-0.2, 0) is 13.1 Å². The van der Waals surface area contributed by atoms with Crippen molar-refractivity contribution in [3.63, 3.8) is 0 Å². The van der Waals surface area contributed by atoms with Crippen LogP contribution in [0.25, 0.3) is 12.2 Å². The summed E-state index contributed by atoms with van der Waals surface area (Å²) in [4.78, 5) is 2.50. The van der Waals surface area contributed by atoms with Crippen molar-refractivity contribution in [1.29, 1.82) is 0 Å². The van der Waals surface area contributed by atoms with E-state index in [1.807, 2.05) is 12.2 Å². The van der Waals surface area contributed by atoms with Crippen molar-refractivity contribution in [2.75, 3.05) is 26.2 Å². The Bertz CT molecular complexity index is 674. The van der Waals surface area contributed by atoms with E-state index in [-0.39, 0.29) is 0 Å². The van der Waals surface area contributed by atoms with E-state index >= 15 is 0 Å². The number of nitrogens with zero attached hydrogens (tertiary/aromatic N) is 1. The van der Waals surface area contributed by atoms with E-state index in [9.17, 15) is 0 Å². The van der Waals surface area contributed by atoms with Gasteiger partial charge in [0.2, 0.25) is 0 Å². The Hall–Kier alpha value is -2.20. The van der Waals surface area contributed by atoms with Gasteiger partial charge in [0.15, 0.2) is 0 Å². The Morgan fingerprint density at radius 2 is 1.37 bits per heavy atom. The zero-order chi connectivity index (χ0) is 19.3. The second-order valence-corrected chi connectivity index (χ2v) is 6.84. The lowest BCUT2D eigenvalue weighted by Gasteiger charge is -2.22. The summed E-state index contributed by atoms with van der Waals surface area (Å²) in [5.41, 5.74) is 10.7. The molecule has 0 aliphatic carbocycles. The van der Waals surface area contributed by atoms with Crippen molar-refractivity contribution in [3.05, 3.63) is 83.9 Å². The Morgan fingerprint density at radius 1 is 0.815 bits per heavy atom. The van der Waals surface area contributed by atoms with Crippen LogP contribution in [0, 0.1) is 0 Å². The van der Waals surface area contributed by atoms with E-state index in [1.165, 1.54) is 11.1 Å². The fourth-order valence-corrected chi connectivity index (χ4v) is 3.03. The Kier molecular flexibility index (Phi) is 9.56. The van der Waals surface area contributed by atoms with Gasteiger partial charge < -0.3 is 11.1 Å². The van der Waals surface area contributed by atoms with Crippen LogP contribution in [0.5, 0.6) is 0 Å². The van der Waals surface area contributed by atoms with Crippen molar-refractivity contribution in [2.24, 2.45) is 5.73 Å². The summed E-state index contributed by atoms with van der Waals surface area (Å²) in [6.07, 6.45) is 5.92. The largest absolute Gasteiger partial charge is 0.330 e. The molecule has 0 bridgehead atoms. The molecule has 27 heavy (non-hydrogen) atoms. The molecule has 0 spiro atoms. The van der Waals surface area contributed by atoms with Gasteiger partial charge in [0.05, 0.1) is 0 Å². The molecule has 0 heterocycles. The summed E-state index contributed by atoms with van der Waals surface area (Å²) in [5, 5.41) is 3.54. The number of benzene rings is 2. The van der Waals surface area contributed by atoms with Crippen LogP contribution in [0.1, 0.15) is 35.1 Å². The molecule has 3 N–H and O–H groups in total. The second-order valence-electron chi connectivity index (χ2n) is 6.84. The highest BCUT2D eigenvalue weighted by molar-refractivity contribution is 5.47. The summed E-state index contributed by atoms with van der Waals surface area (Å²) >= 11 is 0. The minimum Gasteiger partial charge on any atom is -0.330 e. The first kappa shape index (κ1) is 21.1. The second kappa shape index (κ2) is 12.2. The number of nitrogens with one attached hydrogen (secondary N) is 1. The Morgan fingerprint density at radius 3 is 1.93 bits per heavy atom. The summed E-state index contributed by atoms with van der Waals surface area (Å²) in [7, 11) is 0. The average molecular weight is 364 g/mol. The van der Waals surface area contributed by atoms with Gasteiger partial charge in [-0.05, 0) is 61.3 Å². The lowest BCUT2D eigenvalue weighted by Crippen LogP contribution is -2.29. The summed E-state index contributed by atoms with van der Waals surface area (Å²) in [5.74, 6) is 0. The first-order chi connectivity index (χ1) is 13.2. The van der Waals surface area contributed by atoms with E-state index in [1.54, 1.807) is 0 Å². The highest BCUT2D eigenvalue weighted by Crippen LogP contribution is 2.09. The molecule has 0 amide bonds. The monoisotopic (exact) mass is 363 g/mol. The van der Waals surface area contributed by atoms with Crippen molar-refractivity contribution in [1.82, 2.24) is 10.2 Å². The van der Waals surface area contributed by atoms with Gasteiger partial charge in [-0.1, -0.05) is 73.8 Å². The third kappa shape index (κ3) is 7.92. The highest BCUT2D eigenvalue weighted by Gasteiger charge is 2.06. The van der Waals surface area contributed by atoms with Crippen molar-refractivity contribution in [2.45, 2.75) is 25.9 Å². The van der Waals surface area contributed by atoms with Gasteiger partial charge in [-0.2, -0.15) is 0 Å². The lowest BCUT2D eigenvalue weighted by atomic mass is 10.1. The fraction of sp³-hybridized carbons (Fsp3) is 0.333. The predicted octanol–water partition coefficient (Wildman–Crippen LogP) is 4.30. The maximum Gasteiger partial charge on any atom is 0.0233 e. The quantitative estimate of drug-likeness (QED) is 0.521. The van der Waals surface area contributed by atoms with Gasteiger partial charge in [0.1, 0.15) is 0 Å². The first-order valence-corrected chi connectivity index (χ1v) is 9.81. The molecule has 0 aliphatic heterocycles. The fourth-order valence-electron chi connectivity index (χ4n) is 3.03. The third-order valence-corrected chi connectivity index (χ3v) is 4.67. The van der Waals surface area contributed by atoms with Crippen LogP contribution < -0.4 is 11.1 Å². The van der Waals surface area contributed by atoms with Crippen LogP contribution in [0.3, 0.4) is 0 Å². The molecule has 0 saturated carbocycles. The maximum absolute atomic E-state index is 5.71. The molecule has 0 unspecified atom stereocenters. The molecule has 0 aromatic heterocycles. The molecule has 3 heteroatoms. The highest BCUT2D eigenvalue weighted by atomic mass is 15.1. The van der Waals surface area contributed by atoms with Crippen LogP contribution >= 0.6 is 0 Å². The lowest BCUT2D eigenvalue weighted by molar-refractivity contribution is 0.259. The summed E-state index contributed by atoms with van der Waals surface area (Å²) in [6, 6.07) is 17.2. The van der Waals surface area contributed by atoms with Crippen LogP contribution in [0.2, 0.25) is 0 Å². The SMILES string of the molecule is C=Cc1ccc(CNCCCN(CCCN)Cc2ccc(C=C)cc2)cc1. The summed E-state index contributed by atoms with van der Waals surface area (Å²) in [6.45, 7) is 13.4. The normalized spacial score (nSPS) is 10.9. The number of hydrogen-bond acceptors (Lipinski definition) is 3. The van der Waals surface area contributed by atoms with Gasteiger partial charge in [-0.3, -0.25) is 4.90 Å². The average Bonchev–Trinajstić information content (AvgIpc) is 2.72. The molecular weight excluding hydrogens is 330 g/mol. The van der Waals surface area contributed by atoms with Gasteiger partial charge in [-0.15, -0.1) is 0 Å². The molecular formula is C24H33N3. The molecule has 0 aliphatic rings. The van der Waals surface area contributed by atoms with E-state index in [0.717, 1.165) is 63.2 Å². The van der Waals surface area contributed by atoms with E-state index in [4.69, 9.17) is 5.73 Å². The zero-order valence-electron chi connectivity index (χ0n) is 16.4. The topological polar surface area (TPSA) is 41.3 Å². The maximum atomic E-state index is 5.71. The molecule has 3 nitrogen and oxygen atoms in total. The summed E-state index contributed by atoms with van der Waals surface area (Å²) < 4.78 is 0. The first-order valence-electron chi connectivity index (χ1n) is 9.81. The van der Waals surface area contributed by atoms with Crippen molar-refractivity contribution >= 4 is 12.2 Å². The number of rotatable bonds is 13. The molecule has 2 rings (SSSR count). The minimum atomic E-state index is 0.741. The van der Waals surface area contributed by atoms with Gasteiger partial charge in [0, 0.05) is 13.1 Å². The Balaban J connectivity index is 1.73. The van der Waals surface area contributed by atoms with Gasteiger partial charge in [0.25, 0.3) is 0 Å². The molecule has 2 aromatic carbocycles. The van der Waals surface area contributed by atoms with Gasteiger partial charge >= 0.3 is 0 Å². The molecule has 0 radical (unpaired) electrons. The van der Waals surface area contributed by atoms with E-state index < -0.39 is 0 Å².